The van der Waals surface area contributed by atoms with E-state index < -0.39 is 0 Å². The summed E-state index contributed by atoms with van der Waals surface area (Å²) in [6.45, 7) is 2.05. The molecule has 1 heterocycles. The summed E-state index contributed by atoms with van der Waals surface area (Å²) in [6, 6.07) is 8.12. The molecule has 1 aromatic carbocycles. The van der Waals surface area contributed by atoms with Gasteiger partial charge in [-0.25, -0.2) is 4.98 Å². The number of nitrogens with one attached hydrogen (secondary N) is 1. The van der Waals surface area contributed by atoms with Gasteiger partial charge in [-0.15, -0.1) is 10.2 Å². The molecule has 0 unspecified atom stereocenters. The Kier molecular flexibility index (Phi) is 2.58. The maximum Gasteiger partial charge on any atom is 0.156 e. The first-order valence-corrected chi connectivity index (χ1v) is 4.73. The maximum absolute atomic E-state index is 4.11. The van der Waals surface area contributed by atoms with Crippen molar-refractivity contribution < 1.29 is 0 Å². The number of hydrogen-bond acceptors (Lipinski definition) is 4. The number of nitrogens with zero attached hydrogens (tertiary/aromatic N) is 3. The second-order valence-electron chi connectivity index (χ2n) is 3.27. The van der Waals surface area contributed by atoms with Gasteiger partial charge in [0.25, 0.3) is 0 Å². The van der Waals surface area contributed by atoms with Crippen molar-refractivity contribution in [3.63, 3.8) is 0 Å². The molecule has 15 heavy (non-hydrogen) atoms. The molecule has 0 radical (unpaired) electrons. The Morgan fingerprint density at radius 3 is 2.53 bits per heavy atom. The lowest BCUT2D eigenvalue weighted by atomic mass is 10.1. The van der Waals surface area contributed by atoms with Gasteiger partial charge in [-0.1, -0.05) is 29.8 Å². The van der Waals surface area contributed by atoms with Crippen LogP contribution in [-0.4, -0.2) is 22.2 Å². The molecule has 0 aliphatic heterocycles. The topological polar surface area (TPSA) is 50.7 Å². The minimum atomic E-state index is 0.744. The highest BCUT2D eigenvalue weighted by Gasteiger charge is 2.06. The molecule has 1 aromatic heterocycles. The van der Waals surface area contributed by atoms with Crippen LogP contribution in [0.3, 0.4) is 0 Å². The molecule has 2 aromatic rings. The molecule has 0 saturated heterocycles. The SMILES string of the molecule is CNc1ncnnc1-c1ccc(C)cc1. The first-order chi connectivity index (χ1) is 7.31. The molecular formula is C11H12N4. The van der Waals surface area contributed by atoms with Crippen molar-refractivity contribution >= 4 is 5.82 Å². The van der Waals surface area contributed by atoms with Crippen molar-refractivity contribution in [2.24, 2.45) is 0 Å². The Morgan fingerprint density at radius 1 is 1.13 bits per heavy atom. The van der Waals surface area contributed by atoms with Gasteiger partial charge in [0.1, 0.15) is 12.0 Å². The van der Waals surface area contributed by atoms with Crippen molar-refractivity contribution in [3.8, 4) is 11.3 Å². The van der Waals surface area contributed by atoms with E-state index in [0.717, 1.165) is 17.1 Å². The van der Waals surface area contributed by atoms with Crippen LogP contribution in [0.1, 0.15) is 5.56 Å². The van der Waals surface area contributed by atoms with Crippen LogP contribution in [0.5, 0.6) is 0 Å². The lowest BCUT2D eigenvalue weighted by molar-refractivity contribution is 0.978. The first kappa shape index (κ1) is 9.58. The number of rotatable bonds is 2. The fourth-order valence-corrected chi connectivity index (χ4v) is 1.36. The van der Waals surface area contributed by atoms with E-state index in [9.17, 15) is 0 Å². The second kappa shape index (κ2) is 4.04. The molecule has 4 nitrogen and oxygen atoms in total. The lowest BCUT2D eigenvalue weighted by Crippen LogP contribution is -1.99. The second-order valence-corrected chi connectivity index (χ2v) is 3.27. The molecule has 0 saturated carbocycles. The number of anilines is 1. The molecule has 0 fully saturated rings. The zero-order valence-corrected chi connectivity index (χ0v) is 8.73. The van der Waals surface area contributed by atoms with Crippen LogP contribution in [0.2, 0.25) is 0 Å². The largest absolute Gasteiger partial charge is 0.371 e. The predicted octanol–water partition coefficient (Wildman–Crippen LogP) is 1.89. The van der Waals surface area contributed by atoms with Gasteiger partial charge in [-0.2, -0.15) is 0 Å². The van der Waals surface area contributed by atoms with E-state index in [2.05, 4.69) is 27.4 Å². The minimum Gasteiger partial charge on any atom is -0.371 e. The highest BCUT2D eigenvalue weighted by molar-refractivity contribution is 5.70. The van der Waals surface area contributed by atoms with Crippen LogP contribution in [0.25, 0.3) is 11.3 Å². The fourth-order valence-electron chi connectivity index (χ4n) is 1.36. The molecule has 2 rings (SSSR count). The van der Waals surface area contributed by atoms with Crippen molar-refractivity contribution in [2.45, 2.75) is 6.92 Å². The minimum absolute atomic E-state index is 0.744. The molecule has 0 spiro atoms. The van der Waals surface area contributed by atoms with E-state index >= 15 is 0 Å². The third-order valence-electron chi connectivity index (χ3n) is 2.18. The predicted molar refractivity (Wildman–Crippen MR) is 59.5 cm³/mol. The number of aromatic nitrogens is 3. The number of benzene rings is 1. The quantitative estimate of drug-likeness (QED) is 0.804. The maximum atomic E-state index is 4.11. The zero-order valence-electron chi connectivity index (χ0n) is 8.73. The molecule has 0 amide bonds. The molecule has 0 bridgehead atoms. The Bertz CT molecular complexity index is 450. The average molecular weight is 200 g/mol. The Morgan fingerprint density at radius 2 is 1.87 bits per heavy atom. The van der Waals surface area contributed by atoms with E-state index in [1.54, 1.807) is 0 Å². The summed E-state index contributed by atoms with van der Waals surface area (Å²) >= 11 is 0. The van der Waals surface area contributed by atoms with Gasteiger partial charge in [-0.3, -0.25) is 0 Å². The van der Waals surface area contributed by atoms with E-state index in [1.165, 1.54) is 11.9 Å². The summed E-state index contributed by atoms with van der Waals surface area (Å²) in [5.41, 5.74) is 3.02. The van der Waals surface area contributed by atoms with E-state index in [0.29, 0.717) is 0 Å². The summed E-state index contributed by atoms with van der Waals surface area (Å²) in [7, 11) is 1.82. The van der Waals surface area contributed by atoms with Crippen LogP contribution in [0.4, 0.5) is 5.82 Å². The third kappa shape index (κ3) is 1.93. The molecule has 0 aliphatic carbocycles. The molecule has 4 heteroatoms. The molecular weight excluding hydrogens is 188 g/mol. The Balaban J connectivity index is 2.49. The molecule has 76 valence electrons. The third-order valence-corrected chi connectivity index (χ3v) is 2.18. The number of hydrogen-bond donors (Lipinski definition) is 1. The summed E-state index contributed by atoms with van der Waals surface area (Å²) in [5, 5.41) is 10.9. The standard InChI is InChI=1S/C11H12N4/c1-8-3-5-9(6-4-8)10-11(12-2)13-7-14-15-10/h3-7H,1-2H3,(H,12,13,14). The van der Waals surface area contributed by atoms with E-state index in [4.69, 9.17) is 0 Å². The van der Waals surface area contributed by atoms with Gasteiger partial charge in [0.15, 0.2) is 5.82 Å². The average Bonchev–Trinajstić information content (AvgIpc) is 2.30. The van der Waals surface area contributed by atoms with Gasteiger partial charge >= 0.3 is 0 Å². The van der Waals surface area contributed by atoms with E-state index in [-0.39, 0.29) is 0 Å². The van der Waals surface area contributed by atoms with Crippen LogP contribution < -0.4 is 5.32 Å². The summed E-state index contributed by atoms with van der Waals surface area (Å²) < 4.78 is 0. The smallest absolute Gasteiger partial charge is 0.156 e. The highest BCUT2D eigenvalue weighted by atomic mass is 15.2. The Labute approximate surface area is 88.4 Å². The molecule has 1 N–H and O–H groups in total. The van der Waals surface area contributed by atoms with Crippen molar-refractivity contribution in [1.82, 2.24) is 15.2 Å². The van der Waals surface area contributed by atoms with Crippen molar-refractivity contribution in [2.75, 3.05) is 12.4 Å². The van der Waals surface area contributed by atoms with Gasteiger partial charge in [0.05, 0.1) is 0 Å². The van der Waals surface area contributed by atoms with Gasteiger partial charge in [0.2, 0.25) is 0 Å². The Hall–Kier alpha value is -1.97. The fraction of sp³-hybridized carbons (Fsp3) is 0.182. The molecule has 0 atom stereocenters. The first-order valence-electron chi connectivity index (χ1n) is 4.73. The van der Waals surface area contributed by atoms with Crippen molar-refractivity contribution in [1.29, 1.82) is 0 Å². The summed E-state index contributed by atoms with van der Waals surface area (Å²) in [5.74, 6) is 0.744. The lowest BCUT2D eigenvalue weighted by Gasteiger charge is -2.05. The van der Waals surface area contributed by atoms with Crippen LogP contribution in [0.15, 0.2) is 30.6 Å². The molecule has 0 aliphatic rings. The summed E-state index contributed by atoms with van der Waals surface area (Å²) in [6.07, 6.45) is 1.43. The van der Waals surface area contributed by atoms with Crippen LogP contribution in [0, 0.1) is 6.92 Å². The van der Waals surface area contributed by atoms with Gasteiger partial charge in [-0.05, 0) is 6.92 Å². The van der Waals surface area contributed by atoms with Crippen LogP contribution in [-0.2, 0) is 0 Å². The zero-order chi connectivity index (χ0) is 10.7. The van der Waals surface area contributed by atoms with Gasteiger partial charge in [0, 0.05) is 12.6 Å². The highest BCUT2D eigenvalue weighted by Crippen LogP contribution is 2.22. The number of aryl methyl sites for hydroxylation is 1. The van der Waals surface area contributed by atoms with E-state index in [1.807, 2.05) is 31.3 Å². The van der Waals surface area contributed by atoms with Crippen molar-refractivity contribution in [3.05, 3.63) is 36.2 Å². The van der Waals surface area contributed by atoms with Crippen LogP contribution >= 0.6 is 0 Å². The normalized spacial score (nSPS) is 10.0. The monoisotopic (exact) mass is 200 g/mol. The van der Waals surface area contributed by atoms with Gasteiger partial charge < -0.3 is 5.32 Å². The summed E-state index contributed by atoms with van der Waals surface area (Å²) in [4.78, 5) is 4.11.